The molecule has 90 valence electrons. The zero-order chi connectivity index (χ0) is 12.3. The fourth-order valence-electron chi connectivity index (χ4n) is 1.97. The largest absolute Gasteiger partial charge is 0.356 e. The minimum Gasteiger partial charge on any atom is -0.356 e. The Hall–Kier alpha value is -1.84. The van der Waals surface area contributed by atoms with Gasteiger partial charge >= 0.3 is 0 Å². The topological polar surface area (TPSA) is 58.2 Å². The van der Waals surface area contributed by atoms with Gasteiger partial charge in [-0.25, -0.2) is 0 Å². The van der Waals surface area contributed by atoms with Crippen LogP contribution in [-0.4, -0.2) is 18.4 Å². The van der Waals surface area contributed by atoms with Crippen molar-refractivity contribution in [3.8, 4) is 0 Å². The van der Waals surface area contributed by atoms with E-state index in [9.17, 15) is 9.59 Å². The van der Waals surface area contributed by atoms with Gasteiger partial charge in [0.1, 0.15) is 0 Å². The van der Waals surface area contributed by atoms with E-state index in [-0.39, 0.29) is 24.2 Å². The molecule has 4 nitrogen and oxygen atoms in total. The summed E-state index contributed by atoms with van der Waals surface area (Å²) in [6.45, 7) is 2.56. The normalized spacial score (nSPS) is 19.6. The van der Waals surface area contributed by atoms with Crippen molar-refractivity contribution in [3.63, 3.8) is 0 Å². The van der Waals surface area contributed by atoms with Gasteiger partial charge in [-0.05, 0) is 31.0 Å². The molecule has 0 radical (unpaired) electrons. The Kier molecular flexibility index (Phi) is 3.42. The highest BCUT2D eigenvalue weighted by atomic mass is 16.2. The first-order valence-corrected chi connectivity index (χ1v) is 5.79. The molecule has 1 heterocycles. The highest BCUT2D eigenvalue weighted by molar-refractivity contribution is 5.95. The minimum absolute atomic E-state index is 0.0411. The van der Waals surface area contributed by atoms with Gasteiger partial charge in [-0.15, -0.1) is 0 Å². The Labute approximate surface area is 100 Å². The summed E-state index contributed by atoms with van der Waals surface area (Å²) in [6.07, 6.45) is 1.00. The van der Waals surface area contributed by atoms with Crippen molar-refractivity contribution in [1.82, 2.24) is 5.32 Å². The summed E-state index contributed by atoms with van der Waals surface area (Å²) < 4.78 is 0. The van der Waals surface area contributed by atoms with Crippen molar-refractivity contribution >= 4 is 17.5 Å². The Balaban J connectivity index is 1.99. The molecule has 0 aromatic heterocycles. The first kappa shape index (κ1) is 11.6. The fourth-order valence-corrected chi connectivity index (χ4v) is 1.97. The first-order chi connectivity index (χ1) is 8.15. The number of piperidine rings is 1. The molecule has 17 heavy (non-hydrogen) atoms. The lowest BCUT2D eigenvalue weighted by atomic mass is 9.96. The van der Waals surface area contributed by atoms with Crippen molar-refractivity contribution in [2.45, 2.75) is 19.8 Å². The van der Waals surface area contributed by atoms with Crippen molar-refractivity contribution in [3.05, 3.63) is 29.8 Å². The number of amides is 2. The third-order valence-electron chi connectivity index (χ3n) is 2.90. The molecule has 1 aromatic carbocycles. The maximum absolute atomic E-state index is 11.9. The van der Waals surface area contributed by atoms with E-state index in [1.54, 1.807) is 0 Å². The number of carbonyl (C=O) groups excluding carboxylic acids is 2. The lowest BCUT2D eigenvalue weighted by Gasteiger charge is -2.21. The number of aryl methyl sites for hydroxylation is 1. The van der Waals surface area contributed by atoms with E-state index in [2.05, 4.69) is 10.6 Å². The lowest BCUT2D eigenvalue weighted by molar-refractivity contribution is -0.129. The van der Waals surface area contributed by atoms with Crippen LogP contribution >= 0.6 is 0 Å². The third kappa shape index (κ3) is 3.06. The van der Waals surface area contributed by atoms with Gasteiger partial charge in [-0.3, -0.25) is 9.59 Å². The molecule has 2 N–H and O–H groups in total. The van der Waals surface area contributed by atoms with E-state index in [1.807, 2.05) is 31.2 Å². The van der Waals surface area contributed by atoms with E-state index >= 15 is 0 Å². The Morgan fingerprint density at radius 1 is 1.47 bits per heavy atom. The van der Waals surface area contributed by atoms with Crippen LogP contribution < -0.4 is 10.6 Å². The Morgan fingerprint density at radius 3 is 3.00 bits per heavy atom. The van der Waals surface area contributed by atoms with Gasteiger partial charge in [0, 0.05) is 24.6 Å². The molecule has 1 aliphatic heterocycles. The zero-order valence-electron chi connectivity index (χ0n) is 9.82. The average molecular weight is 232 g/mol. The molecule has 1 fully saturated rings. The van der Waals surface area contributed by atoms with Crippen LogP contribution in [0.15, 0.2) is 24.3 Å². The fraction of sp³-hybridized carbons (Fsp3) is 0.385. The molecule has 1 saturated heterocycles. The predicted octanol–water partition coefficient (Wildman–Crippen LogP) is 1.46. The minimum atomic E-state index is -0.204. The smallest absolute Gasteiger partial charge is 0.228 e. The van der Waals surface area contributed by atoms with Crippen LogP contribution in [0.4, 0.5) is 5.69 Å². The number of anilines is 1. The molecule has 1 unspecified atom stereocenters. The standard InChI is InChI=1S/C13H16N2O2/c1-9-3-2-4-11(7-9)15-13(17)10-5-6-14-12(16)8-10/h2-4,7,10H,5-6,8H2,1H3,(H,14,16)(H,15,17). The second-order valence-electron chi connectivity index (χ2n) is 4.40. The van der Waals surface area contributed by atoms with Gasteiger partial charge < -0.3 is 10.6 Å². The summed E-state index contributed by atoms with van der Waals surface area (Å²) in [5.74, 6) is -0.310. The number of carbonyl (C=O) groups is 2. The molecule has 1 aliphatic rings. The first-order valence-electron chi connectivity index (χ1n) is 5.79. The van der Waals surface area contributed by atoms with Gasteiger partial charge in [0.2, 0.25) is 11.8 Å². The van der Waals surface area contributed by atoms with Crippen molar-refractivity contribution in [2.24, 2.45) is 5.92 Å². The highest BCUT2D eigenvalue weighted by Gasteiger charge is 2.25. The van der Waals surface area contributed by atoms with Gasteiger partial charge in [-0.2, -0.15) is 0 Å². The summed E-state index contributed by atoms with van der Waals surface area (Å²) in [5, 5.41) is 5.57. The molecular formula is C13H16N2O2. The molecule has 2 rings (SSSR count). The van der Waals surface area contributed by atoms with Gasteiger partial charge in [0.25, 0.3) is 0 Å². The predicted molar refractivity (Wildman–Crippen MR) is 65.5 cm³/mol. The van der Waals surface area contributed by atoms with Crippen LogP contribution in [0.25, 0.3) is 0 Å². The van der Waals surface area contributed by atoms with Gasteiger partial charge in [0.15, 0.2) is 0 Å². The van der Waals surface area contributed by atoms with Gasteiger partial charge in [-0.1, -0.05) is 12.1 Å². The second-order valence-corrected chi connectivity index (χ2v) is 4.40. The lowest BCUT2D eigenvalue weighted by Crippen LogP contribution is -2.38. The molecule has 0 spiro atoms. The SMILES string of the molecule is Cc1cccc(NC(=O)C2CCNC(=O)C2)c1. The molecule has 1 atom stereocenters. The molecular weight excluding hydrogens is 216 g/mol. The quantitative estimate of drug-likeness (QED) is 0.811. The molecule has 0 aliphatic carbocycles. The molecule has 4 heteroatoms. The number of hydrogen-bond donors (Lipinski definition) is 2. The number of benzene rings is 1. The summed E-state index contributed by atoms with van der Waals surface area (Å²) in [7, 11) is 0. The summed E-state index contributed by atoms with van der Waals surface area (Å²) >= 11 is 0. The third-order valence-corrected chi connectivity index (χ3v) is 2.90. The van der Waals surface area contributed by atoms with E-state index < -0.39 is 0 Å². The Bertz CT molecular complexity index is 443. The maximum atomic E-state index is 11.9. The molecule has 0 bridgehead atoms. The number of hydrogen-bond acceptors (Lipinski definition) is 2. The van der Waals surface area contributed by atoms with Crippen LogP contribution in [0.1, 0.15) is 18.4 Å². The van der Waals surface area contributed by atoms with Gasteiger partial charge in [0.05, 0.1) is 0 Å². The van der Waals surface area contributed by atoms with E-state index in [1.165, 1.54) is 0 Å². The monoisotopic (exact) mass is 232 g/mol. The zero-order valence-corrected chi connectivity index (χ0v) is 9.82. The second kappa shape index (κ2) is 4.99. The van der Waals surface area contributed by atoms with Crippen LogP contribution in [0.3, 0.4) is 0 Å². The summed E-state index contributed by atoms with van der Waals surface area (Å²) in [6, 6.07) is 7.65. The Morgan fingerprint density at radius 2 is 2.29 bits per heavy atom. The van der Waals surface area contributed by atoms with Crippen molar-refractivity contribution in [1.29, 1.82) is 0 Å². The van der Waals surface area contributed by atoms with Crippen molar-refractivity contribution < 1.29 is 9.59 Å². The summed E-state index contributed by atoms with van der Waals surface area (Å²) in [5.41, 5.74) is 1.89. The van der Waals surface area contributed by atoms with Crippen LogP contribution in [0, 0.1) is 12.8 Å². The van der Waals surface area contributed by atoms with Crippen LogP contribution in [-0.2, 0) is 9.59 Å². The van der Waals surface area contributed by atoms with E-state index in [0.29, 0.717) is 13.0 Å². The average Bonchev–Trinajstić information content (AvgIpc) is 2.29. The van der Waals surface area contributed by atoms with E-state index in [4.69, 9.17) is 0 Å². The van der Waals surface area contributed by atoms with Crippen molar-refractivity contribution in [2.75, 3.05) is 11.9 Å². The maximum Gasteiger partial charge on any atom is 0.228 e. The molecule has 1 aromatic rings. The molecule has 2 amide bonds. The number of rotatable bonds is 2. The van der Waals surface area contributed by atoms with E-state index in [0.717, 1.165) is 11.3 Å². The number of nitrogens with one attached hydrogen (secondary N) is 2. The summed E-state index contributed by atoms with van der Waals surface area (Å²) in [4.78, 5) is 23.1. The highest BCUT2D eigenvalue weighted by Crippen LogP contribution is 2.16. The van der Waals surface area contributed by atoms with Crippen LogP contribution in [0.5, 0.6) is 0 Å². The van der Waals surface area contributed by atoms with Crippen LogP contribution in [0.2, 0.25) is 0 Å². The molecule has 0 saturated carbocycles.